The maximum atomic E-state index is 12.1. The predicted molar refractivity (Wildman–Crippen MR) is 83.9 cm³/mol. The second kappa shape index (κ2) is 7.12. The second-order valence-corrected chi connectivity index (χ2v) is 6.40. The number of amides is 1. The third kappa shape index (κ3) is 4.10. The number of furan rings is 1. The highest BCUT2D eigenvalue weighted by Crippen LogP contribution is 2.22. The highest BCUT2D eigenvalue weighted by Gasteiger charge is 2.30. The molecule has 118 valence electrons. The SMILES string of the molecule is CC[C@H]1CN(C(=O)C(C)C)CC[C@@H]1NCc1ccc(C)o1. The van der Waals surface area contributed by atoms with Gasteiger partial charge in [-0.1, -0.05) is 27.2 Å². The maximum Gasteiger partial charge on any atom is 0.225 e. The molecule has 1 saturated heterocycles. The van der Waals surface area contributed by atoms with Crippen molar-refractivity contribution >= 4 is 5.91 Å². The van der Waals surface area contributed by atoms with Crippen LogP contribution in [-0.4, -0.2) is 29.9 Å². The first-order valence-electron chi connectivity index (χ1n) is 8.08. The number of carbonyl (C=O) groups excluding carboxylic acids is 1. The summed E-state index contributed by atoms with van der Waals surface area (Å²) in [7, 11) is 0. The monoisotopic (exact) mass is 292 g/mol. The van der Waals surface area contributed by atoms with E-state index in [0.29, 0.717) is 12.0 Å². The van der Waals surface area contributed by atoms with Crippen molar-refractivity contribution in [3.63, 3.8) is 0 Å². The summed E-state index contributed by atoms with van der Waals surface area (Å²) in [4.78, 5) is 14.2. The summed E-state index contributed by atoms with van der Waals surface area (Å²) in [6, 6.07) is 4.50. The van der Waals surface area contributed by atoms with Gasteiger partial charge in [-0.05, 0) is 31.4 Å². The van der Waals surface area contributed by atoms with Crippen LogP contribution in [0.4, 0.5) is 0 Å². The Bertz CT molecular complexity index is 467. The Morgan fingerprint density at radius 3 is 2.81 bits per heavy atom. The largest absolute Gasteiger partial charge is 0.465 e. The molecule has 2 atom stereocenters. The molecule has 1 aromatic rings. The van der Waals surface area contributed by atoms with Gasteiger partial charge in [-0.3, -0.25) is 4.79 Å². The van der Waals surface area contributed by atoms with Gasteiger partial charge in [0.15, 0.2) is 0 Å². The van der Waals surface area contributed by atoms with Crippen LogP contribution in [0.3, 0.4) is 0 Å². The van der Waals surface area contributed by atoms with E-state index < -0.39 is 0 Å². The topological polar surface area (TPSA) is 45.5 Å². The van der Waals surface area contributed by atoms with Crippen molar-refractivity contribution in [2.45, 2.75) is 53.1 Å². The summed E-state index contributed by atoms with van der Waals surface area (Å²) in [6.45, 7) is 10.6. The Morgan fingerprint density at radius 1 is 1.48 bits per heavy atom. The van der Waals surface area contributed by atoms with Crippen LogP contribution < -0.4 is 5.32 Å². The lowest BCUT2D eigenvalue weighted by atomic mass is 9.89. The number of nitrogens with one attached hydrogen (secondary N) is 1. The third-order valence-corrected chi connectivity index (χ3v) is 4.40. The van der Waals surface area contributed by atoms with Gasteiger partial charge >= 0.3 is 0 Å². The number of piperidine rings is 1. The van der Waals surface area contributed by atoms with Crippen molar-refractivity contribution in [1.82, 2.24) is 10.2 Å². The molecule has 0 saturated carbocycles. The van der Waals surface area contributed by atoms with E-state index in [4.69, 9.17) is 4.42 Å². The molecule has 4 heteroatoms. The number of aryl methyl sites for hydroxylation is 1. The first-order valence-corrected chi connectivity index (χ1v) is 8.08. The molecular formula is C17H28N2O2. The van der Waals surface area contributed by atoms with Crippen LogP contribution in [0.15, 0.2) is 16.5 Å². The van der Waals surface area contributed by atoms with Gasteiger partial charge in [0.1, 0.15) is 11.5 Å². The van der Waals surface area contributed by atoms with E-state index in [0.717, 1.165) is 44.0 Å². The van der Waals surface area contributed by atoms with Gasteiger partial charge in [-0.25, -0.2) is 0 Å². The lowest BCUT2D eigenvalue weighted by Gasteiger charge is -2.39. The number of carbonyl (C=O) groups is 1. The van der Waals surface area contributed by atoms with Gasteiger partial charge in [-0.2, -0.15) is 0 Å². The molecule has 0 spiro atoms. The summed E-state index contributed by atoms with van der Waals surface area (Å²) >= 11 is 0. The molecule has 1 aliphatic rings. The number of hydrogen-bond acceptors (Lipinski definition) is 3. The molecule has 1 aromatic heterocycles. The van der Waals surface area contributed by atoms with Crippen molar-refractivity contribution in [3.8, 4) is 0 Å². The molecule has 0 aromatic carbocycles. The average molecular weight is 292 g/mol. The minimum Gasteiger partial charge on any atom is -0.465 e. The van der Waals surface area contributed by atoms with Crippen molar-refractivity contribution in [2.75, 3.05) is 13.1 Å². The third-order valence-electron chi connectivity index (χ3n) is 4.40. The zero-order chi connectivity index (χ0) is 15.4. The number of likely N-dealkylation sites (tertiary alicyclic amines) is 1. The van der Waals surface area contributed by atoms with Gasteiger partial charge in [0, 0.05) is 25.0 Å². The number of hydrogen-bond donors (Lipinski definition) is 1. The van der Waals surface area contributed by atoms with Crippen molar-refractivity contribution < 1.29 is 9.21 Å². The Morgan fingerprint density at radius 2 is 2.24 bits per heavy atom. The second-order valence-electron chi connectivity index (χ2n) is 6.40. The van der Waals surface area contributed by atoms with Crippen LogP contribution in [0.25, 0.3) is 0 Å². The van der Waals surface area contributed by atoms with Gasteiger partial charge in [0.05, 0.1) is 6.54 Å². The summed E-state index contributed by atoms with van der Waals surface area (Å²) in [5, 5.41) is 3.61. The van der Waals surface area contributed by atoms with Crippen LogP contribution in [0.5, 0.6) is 0 Å². The standard InChI is InChI=1S/C17H28N2O2/c1-5-14-11-19(17(20)12(2)3)9-8-16(14)18-10-15-7-6-13(4)21-15/h6-7,12,14,16,18H,5,8-11H2,1-4H3/t14-,16-/m0/s1. The lowest BCUT2D eigenvalue weighted by molar-refractivity contribution is -0.136. The highest BCUT2D eigenvalue weighted by atomic mass is 16.3. The van der Waals surface area contributed by atoms with E-state index in [1.54, 1.807) is 0 Å². The summed E-state index contributed by atoms with van der Waals surface area (Å²) in [6.07, 6.45) is 2.12. The first kappa shape index (κ1) is 16.1. The zero-order valence-electron chi connectivity index (χ0n) is 13.7. The van der Waals surface area contributed by atoms with E-state index >= 15 is 0 Å². The van der Waals surface area contributed by atoms with Gasteiger partial charge < -0.3 is 14.6 Å². The average Bonchev–Trinajstić information content (AvgIpc) is 2.89. The smallest absolute Gasteiger partial charge is 0.225 e. The Labute approximate surface area is 127 Å². The van der Waals surface area contributed by atoms with Crippen LogP contribution in [-0.2, 0) is 11.3 Å². The molecule has 4 nitrogen and oxygen atoms in total. The van der Waals surface area contributed by atoms with E-state index in [2.05, 4.69) is 12.2 Å². The van der Waals surface area contributed by atoms with Crippen molar-refractivity contribution in [2.24, 2.45) is 11.8 Å². The minimum atomic E-state index is 0.0955. The van der Waals surface area contributed by atoms with Gasteiger partial charge in [0.2, 0.25) is 5.91 Å². The molecule has 1 fully saturated rings. The number of rotatable bonds is 5. The molecule has 1 N–H and O–H groups in total. The van der Waals surface area contributed by atoms with E-state index in [1.807, 2.05) is 37.8 Å². The van der Waals surface area contributed by atoms with E-state index in [1.165, 1.54) is 0 Å². The molecule has 2 rings (SSSR count). The molecule has 21 heavy (non-hydrogen) atoms. The Kier molecular flexibility index (Phi) is 5.45. The van der Waals surface area contributed by atoms with E-state index in [9.17, 15) is 4.79 Å². The molecule has 0 aliphatic carbocycles. The summed E-state index contributed by atoms with van der Waals surface area (Å²) < 4.78 is 5.61. The zero-order valence-corrected chi connectivity index (χ0v) is 13.7. The Hall–Kier alpha value is -1.29. The van der Waals surface area contributed by atoms with Gasteiger partial charge in [-0.15, -0.1) is 0 Å². The molecule has 1 aliphatic heterocycles. The quantitative estimate of drug-likeness (QED) is 0.907. The van der Waals surface area contributed by atoms with Crippen LogP contribution in [0.1, 0.15) is 45.1 Å². The van der Waals surface area contributed by atoms with Crippen LogP contribution >= 0.6 is 0 Å². The fourth-order valence-corrected chi connectivity index (χ4v) is 3.09. The van der Waals surface area contributed by atoms with Crippen molar-refractivity contribution in [1.29, 1.82) is 0 Å². The van der Waals surface area contributed by atoms with Crippen molar-refractivity contribution in [3.05, 3.63) is 23.7 Å². The minimum absolute atomic E-state index is 0.0955. The molecular weight excluding hydrogens is 264 g/mol. The molecule has 0 radical (unpaired) electrons. The summed E-state index contributed by atoms with van der Waals surface area (Å²) in [5.41, 5.74) is 0. The normalized spacial score (nSPS) is 22.8. The lowest BCUT2D eigenvalue weighted by Crippen LogP contribution is -2.51. The molecule has 0 bridgehead atoms. The highest BCUT2D eigenvalue weighted by molar-refractivity contribution is 5.78. The first-order chi connectivity index (χ1) is 10.0. The summed E-state index contributed by atoms with van der Waals surface area (Å²) in [5.74, 6) is 2.85. The number of nitrogens with zero attached hydrogens (tertiary/aromatic N) is 1. The van der Waals surface area contributed by atoms with Crippen LogP contribution in [0.2, 0.25) is 0 Å². The Balaban J connectivity index is 1.88. The maximum absolute atomic E-state index is 12.1. The van der Waals surface area contributed by atoms with Crippen LogP contribution in [0, 0.1) is 18.8 Å². The fourth-order valence-electron chi connectivity index (χ4n) is 3.09. The fraction of sp³-hybridized carbons (Fsp3) is 0.706. The van der Waals surface area contributed by atoms with Gasteiger partial charge in [0.25, 0.3) is 0 Å². The predicted octanol–water partition coefficient (Wildman–Crippen LogP) is 2.96. The molecule has 2 heterocycles. The molecule has 1 amide bonds. The van der Waals surface area contributed by atoms with E-state index in [-0.39, 0.29) is 11.8 Å². The molecule has 0 unspecified atom stereocenters.